The number of hydrogen-bond acceptors (Lipinski definition) is 6. The molecule has 0 saturated carbocycles. The van der Waals surface area contributed by atoms with Gasteiger partial charge >= 0.3 is 0 Å². The Morgan fingerprint density at radius 3 is 2.43 bits per heavy atom. The van der Waals surface area contributed by atoms with Crippen molar-refractivity contribution in [2.45, 2.75) is 36.7 Å². The molecule has 2 bridgehead atoms. The Morgan fingerprint density at radius 1 is 1.07 bits per heavy atom. The standard InChI is InChI=1S/C21H22N4O4S/c1-14-5-7-18(8-6-14)30(28,29)24-20(16-3-2-4-17(13-16)25(26)27)21-19(22-24)15-9-11-23(21)12-10-15/h2-8,13,15,20-21H,9-12H2,1H3. The molecule has 2 atom stereocenters. The zero-order valence-electron chi connectivity index (χ0n) is 16.5. The summed E-state index contributed by atoms with van der Waals surface area (Å²) < 4.78 is 28.4. The molecule has 0 amide bonds. The van der Waals surface area contributed by atoms with Crippen LogP contribution in [0.1, 0.15) is 30.0 Å². The molecule has 0 aliphatic carbocycles. The smallest absolute Gasteiger partial charge is 0.279 e. The van der Waals surface area contributed by atoms with Gasteiger partial charge in [-0.25, -0.2) is 0 Å². The van der Waals surface area contributed by atoms with Crippen LogP contribution in [0.3, 0.4) is 0 Å². The predicted octanol–water partition coefficient (Wildman–Crippen LogP) is 3.10. The molecule has 2 aromatic carbocycles. The maximum atomic E-state index is 13.6. The van der Waals surface area contributed by atoms with Gasteiger partial charge in [-0.05, 0) is 50.6 Å². The van der Waals surface area contributed by atoms with E-state index in [-0.39, 0.29) is 22.5 Å². The van der Waals surface area contributed by atoms with Gasteiger partial charge in [0.25, 0.3) is 15.7 Å². The van der Waals surface area contributed by atoms with Gasteiger partial charge in [0.2, 0.25) is 0 Å². The first-order chi connectivity index (χ1) is 14.4. The largest absolute Gasteiger partial charge is 0.293 e. The zero-order valence-corrected chi connectivity index (χ0v) is 17.3. The van der Waals surface area contributed by atoms with Crippen molar-refractivity contribution in [3.05, 3.63) is 69.8 Å². The number of benzene rings is 2. The topological polar surface area (TPSA) is 96.1 Å². The molecule has 0 radical (unpaired) electrons. The molecule has 6 rings (SSSR count). The van der Waals surface area contributed by atoms with Crippen LogP contribution in [-0.4, -0.2) is 47.5 Å². The van der Waals surface area contributed by atoms with Crippen LogP contribution in [0.5, 0.6) is 0 Å². The molecule has 8 nitrogen and oxygen atoms in total. The van der Waals surface area contributed by atoms with Crippen LogP contribution in [0.15, 0.2) is 58.5 Å². The second kappa shape index (κ2) is 6.88. The molecule has 0 N–H and O–H groups in total. The molecule has 4 aliphatic heterocycles. The molecule has 30 heavy (non-hydrogen) atoms. The highest BCUT2D eigenvalue weighted by Gasteiger charge is 2.53. The van der Waals surface area contributed by atoms with E-state index in [4.69, 9.17) is 0 Å². The van der Waals surface area contributed by atoms with Gasteiger partial charge in [0.1, 0.15) is 6.04 Å². The van der Waals surface area contributed by atoms with Gasteiger partial charge in [0.15, 0.2) is 0 Å². The van der Waals surface area contributed by atoms with Crippen molar-refractivity contribution in [3.63, 3.8) is 0 Å². The van der Waals surface area contributed by atoms with E-state index < -0.39 is 21.0 Å². The second-order valence-electron chi connectivity index (χ2n) is 8.17. The van der Waals surface area contributed by atoms with E-state index in [1.54, 1.807) is 36.4 Å². The number of nitro groups is 1. The fourth-order valence-electron chi connectivity index (χ4n) is 4.85. The first kappa shape index (κ1) is 19.2. The summed E-state index contributed by atoms with van der Waals surface area (Å²) in [6.45, 7) is 3.67. The van der Waals surface area contributed by atoms with E-state index in [2.05, 4.69) is 10.0 Å². The fraction of sp³-hybridized carbons (Fsp3) is 0.381. The molecular formula is C21H22N4O4S. The highest BCUT2D eigenvalue weighted by Crippen LogP contribution is 2.45. The van der Waals surface area contributed by atoms with Crippen molar-refractivity contribution in [2.24, 2.45) is 11.0 Å². The summed E-state index contributed by atoms with van der Waals surface area (Å²) >= 11 is 0. The molecular weight excluding hydrogens is 404 g/mol. The van der Waals surface area contributed by atoms with Gasteiger partial charge in [-0.15, -0.1) is 0 Å². The Hall–Kier alpha value is -2.78. The minimum atomic E-state index is -3.91. The van der Waals surface area contributed by atoms with Gasteiger partial charge in [0, 0.05) is 18.1 Å². The maximum Gasteiger partial charge on any atom is 0.279 e. The Balaban J connectivity index is 1.65. The number of fused-ring (bicyclic) bond motifs is 2. The molecule has 4 heterocycles. The SMILES string of the molecule is Cc1ccc(S(=O)(=O)N2N=C3C4CCN(CC4)C3C2c2cccc([N+](=O)[O-])c2)cc1. The lowest BCUT2D eigenvalue weighted by molar-refractivity contribution is -0.384. The minimum Gasteiger partial charge on any atom is -0.293 e. The molecule has 9 heteroatoms. The summed E-state index contributed by atoms with van der Waals surface area (Å²) in [7, 11) is -3.91. The average molecular weight is 426 g/mol. The van der Waals surface area contributed by atoms with Crippen LogP contribution in [0.2, 0.25) is 0 Å². The van der Waals surface area contributed by atoms with Crippen molar-refractivity contribution in [2.75, 3.05) is 13.1 Å². The first-order valence-electron chi connectivity index (χ1n) is 10.0. The Labute approximate surface area is 175 Å². The second-order valence-corrected chi connectivity index (χ2v) is 9.96. The van der Waals surface area contributed by atoms with E-state index >= 15 is 0 Å². The molecule has 2 unspecified atom stereocenters. The van der Waals surface area contributed by atoms with Crippen molar-refractivity contribution in [1.29, 1.82) is 0 Å². The average Bonchev–Trinajstić information content (AvgIpc) is 3.19. The van der Waals surface area contributed by atoms with Crippen LogP contribution in [0, 0.1) is 23.0 Å². The summed E-state index contributed by atoms with van der Waals surface area (Å²) in [5.74, 6) is 0.263. The van der Waals surface area contributed by atoms with Crippen LogP contribution in [0.25, 0.3) is 0 Å². The summed E-state index contributed by atoms with van der Waals surface area (Å²) in [5, 5.41) is 16.0. The molecule has 4 aliphatic rings. The first-order valence-corrected chi connectivity index (χ1v) is 11.5. The molecule has 2 aromatic rings. The number of hydrazone groups is 1. The monoisotopic (exact) mass is 426 g/mol. The van der Waals surface area contributed by atoms with Crippen LogP contribution >= 0.6 is 0 Å². The Morgan fingerprint density at radius 2 is 1.77 bits per heavy atom. The molecule has 156 valence electrons. The van der Waals surface area contributed by atoms with E-state index in [9.17, 15) is 18.5 Å². The quantitative estimate of drug-likeness (QED) is 0.553. The van der Waals surface area contributed by atoms with E-state index in [0.717, 1.165) is 37.2 Å². The fourth-order valence-corrected chi connectivity index (χ4v) is 6.29. The lowest BCUT2D eigenvalue weighted by atomic mass is 9.78. The Bertz CT molecular complexity index is 1140. The van der Waals surface area contributed by atoms with Crippen LogP contribution in [0.4, 0.5) is 5.69 Å². The zero-order chi connectivity index (χ0) is 21.0. The third-order valence-electron chi connectivity index (χ3n) is 6.38. The van der Waals surface area contributed by atoms with E-state index in [1.165, 1.54) is 16.5 Å². The van der Waals surface area contributed by atoms with E-state index in [0.29, 0.717) is 5.56 Å². The number of non-ortho nitro benzene ring substituents is 1. The highest BCUT2D eigenvalue weighted by atomic mass is 32.2. The van der Waals surface area contributed by atoms with Gasteiger partial charge in [0.05, 0.1) is 21.6 Å². The number of piperidine rings is 3. The summed E-state index contributed by atoms with van der Waals surface area (Å²) in [4.78, 5) is 13.3. The van der Waals surface area contributed by atoms with Gasteiger partial charge < -0.3 is 0 Å². The summed E-state index contributed by atoms with van der Waals surface area (Å²) in [5.41, 5.74) is 2.40. The highest BCUT2D eigenvalue weighted by molar-refractivity contribution is 7.89. The lowest BCUT2D eigenvalue weighted by Gasteiger charge is -2.45. The molecule has 0 spiro atoms. The van der Waals surface area contributed by atoms with Crippen LogP contribution in [-0.2, 0) is 10.0 Å². The van der Waals surface area contributed by atoms with Gasteiger partial charge in [-0.2, -0.15) is 17.9 Å². The predicted molar refractivity (Wildman–Crippen MR) is 112 cm³/mol. The number of sulfonamides is 1. The number of nitrogens with zero attached hydrogens (tertiary/aromatic N) is 4. The van der Waals surface area contributed by atoms with Crippen molar-refractivity contribution in [1.82, 2.24) is 9.31 Å². The lowest BCUT2D eigenvalue weighted by Crippen LogP contribution is -2.56. The minimum absolute atomic E-state index is 0.0513. The maximum absolute atomic E-state index is 13.6. The number of nitro benzene ring substituents is 1. The van der Waals surface area contributed by atoms with Gasteiger partial charge in [-0.3, -0.25) is 15.0 Å². The van der Waals surface area contributed by atoms with Gasteiger partial charge in [-0.1, -0.05) is 29.8 Å². The number of hydrogen-bond donors (Lipinski definition) is 0. The molecule has 3 saturated heterocycles. The normalized spacial score (nSPS) is 27.6. The number of aryl methyl sites for hydroxylation is 1. The van der Waals surface area contributed by atoms with Crippen LogP contribution < -0.4 is 0 Å². The Kier molecular flexibility index (Phi) is 4.41. The van der Waals surface area contributed by atoms with Crippen molar-refractivity contribution < 1.29 is 13.3 Å². The summed E-state index contributed by atoms with van der Waals surface area (Å²) in [6, 6.07) is 12.2. The molecule has 3 fully saturated rings. The van der Waals surface area contributed by atoms with E-state index in [1.807, 2.05) is 6.92 Å². The summed E-state index contributed by atoms with van der Waals surface area (Å²) in [6.07, 6.45) is 1.94. The third-order valence-corrected chi connectivity index (χ3v) is 8.05. The third kappa shape index (κ3) is 2.92. The number of rotatable bonds is 4. The molecule has 0 aromatic heterocycles. The van der Waals surface area contributed by atoms with Crippen molar-refractivity contribution >= 4 is 21.4 Å². The van der Waals surface area contributed by atoms with Crippen molar-refractivity contribution in [3.8, 4) is 0 Å².